The highest BCUT2D eigenvalue weighted by Gasteiger charge is 2.07. The molecule has 0 bridgehead atoms. The van der Waals surface area contributed by atoms with Crippen LogP contribution in [-0.4, -0.2) is 17.6 Å². The molecule has 4 heteroatoms. The van der Waals surface area contributed by atoms with Crippen molar-refractivity contribution in [3.63, 3.8) is 0 Å². The van der Waals surface area contributed by atoms with E-state index in [4.69, 9.17) is 15.6 Å². The summed E-state index contributed by atoms with van der Waals surface area (Å²) < 4.78 is 5.90. The van der Waals surface area contributed by atoms with Gasteiger partial charge in [0.1, 0.15) is 12.4 Å². The van der Waals surface area contributed by atoms with Crippen molar-refractivity contribution >= 4 is 5.97 Å². The molecule has 2 aromatic rings. The first-order valence-corrected chi connectivity index (χ1v) is 6.85. The van der Waals surface area contributed by atoms with Crippen LogP contribution in [0.1, 0.15) is 27.0 Å². The third-order valence-electron chi connectivity index (χ3n) is 3.29. The van der Waals surface area contributed by atoms with Gasteiger partial charge in [-0.2, -0.15) is 0 Å². The maximum atomic E-state index is 10.8. The second-order valence-electron chi connectivity index (χ2n) is 4.89. The Balaban J connectivity index is 2.10. The van der Waals surface area contributed by atoms with Crippen molar-refractivity contribution in [3.8, 4) is 5.75 Å². The van der Waals surface area contributed by atoms with Gasteiger partial charge in [-0.25, -0.2) is 4.79 Å². The van der Waals surface area contributed by atoms with E-state index in [1.54, 1.807) is 24.3 Å². The summed E-state index contributed by atoms with van der Waals surface area (Å²) in [6.07, 6.45) is 0.773. The van der Waals surface area contributed by atoms with Crippen LogP contribution in [-0.2, 0) is 13.0 Å². The van der Waals surface area contributed by atoms with Crippen LogP contribution in [0, 0.1) is 6.92 Å². The molecule has 0 fully saturated rings. The monoisotopic (exact) mass is 285 g/mol. The van der Waals surface area contributed by atoms with Gasteiger partial charge in [-0.3, -0.25) is 0 Å². The third kappa shape index (κ3) is 3.83. The minimum absolute atomic E-state index is 0.276. The summed E-state index contributed by atoms with van der Waals surface area (Å²) in [6.45, 7) is 2.98. The zero-order chi connectivity index (χ0) is 15.2. The van der Waals surface area contributed by atoms with Gasteiger partial charge >= 0.3 is 5.97 Å². The molecule has 0 aliphatic rings. The predicted octanol–water partition coefficient (Wildman–Crippen LogP) is 2.77. The van der Waals surface area contributed by atoms with E-state index in [0.717, 1.165) is 28.9 Å². The van der Waals surface area contributed by atoms with Crippen molar-refractivity contribution < 1.29 is 14.6 Å². The van der Waals surface area contributed by atoms with Gasteiger partial charge in [0.15, 0.2) is 0 Å². The molecule has 0 heterocycles. The molecule has 0 aliphatic heterocycles. The Morgan fingerprint density at radius 2 is 1.90 bits per heavy atom. The maximum Gasteiger partial charge on any atom is 0.335 e. The van der Waals surface area contributed by atoms with Gasteiger partial charge in [-0.1, -0.05) is 30.3 Å². The van der Waals surface area contributed by atoms with Crippen LogP contribution >= 0.6 is 0 Å². The minimum Gasteiger partial charge on any atom is -0.488 e. The van der Waals surface area contributed by atoms with Crippen molar-refractivity contribution in [2.24, 2.45) is 5.73 Å². The summed E-state index contributed by atoms with van der Waals surface area (Å²) in [5.41, 5.74) is 9.00. The van der Waals surface area contributed by atoms with Crippen molar-refractivity contribution in [2.45, 2.75) is 20.0 Å². The molecular formula is C17H19NO3. The Kier molecular flexibility index (Phi) is 4.95. The molecule has 0 aliphatic carbocycles. The molecular weight excluding hydrogens is 266 g/mol. The smallest absolute Gasteiger partial charge is 0.335 e. The quantitative estimate of drug-likeness (QED) is 0.856. The van der Waals surface area contributed by atoms with Gasteiger partial charge in [-0.15, -0.1) is 0 Å². The Morgan fingerprint density at radius 1 is 1.19 bits per heavy atom. The number of carboxylic acid groups (broad SMARTS) is 1. The van der Waals surface area contributed by atoms with E-state index in [0.29, 0.717) is 13.2 Å². The lowest BCUT2D eigenvalue weighted by Crippen LogP contribution is -2.06. The fraction of sp³-hybridized carbons (Fsp3) is 0.235. The van der Waals surface area contributed by atoms with Gasteiger partial charge in [0.05, 0.1) is 5.56 Å². The van der Waals surface area contributed by atoms with Gasteiger partial charge < -0.3 is 15.6 Å². The van der Waals surface area contributed by atoms with Crippen LogP contribution in [0.25, 0.3) is 0 Å². The summed E-state index contributed by atoms with van der Waals surface area (Å²) in [6, 6.07) is 12.7. The summed E-state index contributed by atoms with van der Waals surface area (Å²) >= 11 is 0. The number of benzene rings is 2. The Morgan fingerprint density at radius 3 is 2.52 bits per heavy atom. The lowest BCUT2D eigenvalue weighted by Gasteiger charge is -2.14. The molecule has 0 unspecified atom stereocenters. The van der Waals surface area contributed by atoms with Crippen LogP contribution in [0.15, 0.2) is 42.5 Å². The highest BCUT2D eigenvalue weighted by Crippen LogP contribution is 2.24. The van der Waals surface area contributed by atoms with E-state index in [9.17, 15) is 4.79 Å². The van der Waals surface area contributed by atoms with Gasteiger partial charge in [-0.05, 0) is 48.7 Å². The standard InChI is InChI=1S/C17H19NO3/c1-12-3-2-4-14(9-10-18)16(12)21-11-13-5-7-15(8-6-13)17(19)20/h2-8H,9-11,18H2,1H3,(H,19,20). The second kappa shape index (κ2) is 6.90. The Bertz CT molecular complexity index is 620. The normalized spacial score (nSPS) is 10.4. The molecule has 0 radical (unpaired) electrons. The number of aryl methyl sites for hydroxylation is 1. The van der Waals surface area contributed by atoms with Crippen molar-refractivity contribution in [1.29, 1.82) is 0 Å². The first-order valence-electron chi connectivity index (χ1n) is 6.85. The number of aromatic carboxylic acids is 1. The molecule has 0 spiro atoms. The molecule has 0 aromatic heterocycles. The topological polar surface area (TPSA) is 72.5 Å². The number of nitrogens with two attached hydrogens (primary N) is 1. The van der Waals surface area contributed by atoms with Crippen molar-refractivity contribution in [1.82, 2.24) is 0 Å². The SMILES string of the molecule is Cc1cccc(CCN)c1OCc1ccc(C(=O)O)cc1. The van der Waals surface area contributed by atoms with Gasteiger partial charge in [0.25, 0.3) is 0 Å². The number of ether oxygens (including phenoxy) is 1. The fourth-order valence-corrected chi connectivity index (χ4v) is 2.17. The number of para-hydroxylation sites is 1. The zero-order valence-electron chi connectivity index (χ0n) is 12.0. The molecule has 2 aromatic carbocycles. The van der Waals surface area contributed by atoms with E-state index in [-0.39, 0.29) is 5.56 Å². The molecule has 0 amide bonds. The first kappa shape index (κ1) is 15.1. The predicted molar refractivity (Wildman–Crippen MR) is 81.7 cm³/mol. The van der Waals surface area contributed by atoms with E-state index < -0.39 is 5.97 Å². The number of carbonyl (C=O) groups is 1. The lowest BCUT2D eigenvalue weighted by molar-refractivity contribution is 0.0697. The Labute approximate surface area is 124 Å². The number of hydrogen-bond acceptors (Lipinski definition) is 3. The van der Waals surface area contributed by atoms with Gasteiger partial charge in [0.2, 0.25) is 0 Å². The summed E-state index contributed by atoms with van der Waals surface area (Å²) in [4.78, 5) is 10.8. The third-order valence-corrected chi connectivity index (χ3v) is 3.29. The number of hydrogen-bond donors (Lipinski definition) is 2. The molecule has 2 rings (SSSR count). The molecule has 21 heavy (non-hydrogen) atoms. The highest BCUT2D eigenvalue weighted by atomic mass is 16.5. The van der Waals surface area contributed by atoms with E-state index in [2.05, 4.69) is 0 Å². The van der Waals surface area contributed by atoms with Crippen LogP contribution in [0.4, 0.5) is 0 Å². The summed E-state index contributed by atoms with van der Waals surface area (Å²) in [5.74, 6) is -0.0585. The van der Waals surface area contributed by atoms with Gasteiger partial charge in [0, 0.05) is 0 Å². The first-order chi connectivity index (χ1) is 10.1. The summed E-state index contributed by atoms with van der Waals surface area (Å²) in [5, 5.41) is 8.87. The molecule has 0 saturated carbocycles. The average molecular weight is 285 g/mol. The van der Waals surface area contributed by atoms with E-state index in [1.165, 1.54) is 0 Å². The maximum absolute atomic E-state index is 10.8. The average Bonchev–Trinajstić information content (AvgIpc) is 2.47. The van der Waals surface area contributed by atoms with Crippen LogP contribution in [0.2, 0.25) is 0 Å². The largest absolute Gasteiger partial charge is 0.488 e. The number of carboxylic acids is 1. The van der Waals surface area contributed by atoms with E-state index >= 15 is 0 Å². The second-order valence-corrected chi connectivity index (χ2v) is 4.89. The fourth-order valence-electron chi connectivity index (χ4n) is 2.17. The molecule has 110 valence electrons. The summed E-state index contributed by atoms with van der Waals surface area (Å²) in [7, 11) is 0. The number of rotatable bonds is 6. The van der Waals surface area contributed by atoms with Crippen molar-refractivity contribution in [3.05, 3.63) is 64.7 Å². The zero-order valence-corrected chi connectivity index (χ0v) is 12.0. The van der Waals surface area contributed by atoms with Crippen molar-refractivity contribution in [2.75, 3.05) is 6.54 Å². The van der Waals surface area contributed by atoms with E-state index in [1.807, 2.05) is 25.1 Å². The highest BCUT2D eigenvalue weighted by molar-refractivity contribution is 5.87. The Hall–Kier alpha value is -2.33. The molecule has 3 N–H and O–H groups in total. The lowest BCUT2D eigenvalue weighted by atomic mass is 10.1. The molecule has 4 nitrogen and oxygen atoms in total. The molecule has 0 atom stereocenters. The minimum atomic E-state index is -0.924. The van der Waals surface area contributed by atoms with Crippen LogP contribution < -0.4 is 10.5 Å². The van der Waals surface area contributed by atoms with Crippen LogP contribution in [0.5, 0.6) is 5.75 Å². The van der Waals surface area contributed by atoms with Crippen LogP contribution in [0.3, 0.4) is 0 Å². The molecule has 0 saturated heterocycles.